The van der Waals surface area contributed by atoms with Gasteiger partial charge in [-0.05, 0) is 92.0 Å². The van der Waals surface area contributed by atoms with Crippen LogP contribution in [0.5, 0.6) is 0 Å². The molecule has 7 heteroatoms. The van der Waals surface area contributed by atoms with E-state index in [2.05, 4.69) is 59.7 Å². The molecule has 2 amide bonds. The summed E-state index contributed by atoms with van der Waals surface area (Å²) in [7, 11) is 0. The Kier molecular flexibility index (Phi) is 12.7. The van der Waals surface area contributed by atoms with Crippen LogP contribution in [0.1, 0.15) is 82.2 Å². The summed E-state index contributed by atoms with van der Waals surface area (Å²) in [5, 5.41) is 7.34. The molecule has 0 saturated carbocycles. The van der Waals surface area contributed by atoms with Crippen molar-refractivity contribution in [3.8, 4) is 0 Å². The lowest BCUT2D eigenvalue weighted by Gasteiger charge is -2.40. The summed E-state index contributed by atoms with van der Waals surface area (Å²) in [4.78, 5) is 32.1. The van der Waals surface area contributed by atoms with Gasteiger partial charge in [-0.3, -0.25) is 14.9 Å². The van der Waals surface area contributed by atoms with Crippen LogP contribution in [0.4, 0.5) is 5.69 Å². The Hall–Kier alpha value is -3.35. The smallest absolute Gasteiger partial charge is 0.245 e. The van der Waals surface area contributed by atoms with Gasteiger partial charge in [-0.2, -0.15) is 0 Å². The molecular formula is C39H53ClN4O2. The number of amides is 2. The summed E-state index contributed by atoms with van der Waals surface area (Å²) in [5.74, 6) is -0.164. The molecule has 3 aromatic carbocycles. The van der Waals surface area contributed by atoms with Crippen molar-refractivity contribution in [2.24, 2.45) is 0 Å². The highest BCUT2D eigenvalue weighted by Gasteiger charge is 2.37. The number of rotatable bonds is 6. The normalized spacial score (nSPS) is 18.8. The number of fused-ring (bicyclic) bond motifs is 2. The van der Waals surface area contributed by atoms with Crippen LogP contribution in [-0.4, -0.2) is 55.0 Å². The molecule has 3 aromatic rings. The first kappa shape index (κ1) is 35.5. The van der Waals surface area contributed by atoms with E-state index in [0.29, 0.717) is 31.0 Å². The lowest BCUT2D eigenvalue weighted by Crippen LogP contribution is -2.60. The first-order valence-electron chi connectivity index (χ1n) is 17.3. The van der Waals surface area contributed by atoms with Crippen LogP contribution in [0, 0.1) is 0 Å². The maximum Gasteiger partial charge on any atom is 0.245 e. The Labute approximate surface area is 281 Å². The van der Waals surface area contributed by atoms with Crippen molar-refractivity contribution in [2.75, 3.05) is 31.1 Å². The van der Waals surface area contributed by atoms with Gasteiger partial charge in [-0.15, -0.1) is 0 Å². The van der Waals surface area contributed by atoms with Crippen LogP contribution >= 0.6 is 11.6 Å². The minimum absolute atomic E-state index is 0.0245. The lowest BCUT2D eigenvalue weighted by atomic mass is 9.82. The molecule has 2 atom stereocenters. The summed E-state index contributed by atoms with van der Waals surface area (Å²) in [6.07, 6.45) is 5.81. The third-order valence-corrected chi connectivity index (χ3v) is 9.49. The van der Waals surface area contributed by atoms with E-state index in [4.69, 9.17) is 11.6 Å². The van der Waals surface area contributed by atoms with E-state index >= 15 is 0 Å². The number of carbonyl (C=O) groups excluding carboxylic acids is 2. The van der Waals surface area contributed by atoms with Gasteiger partial charge in [0, 0.05) is 48.8 Å². The monoisotopic (exact) mass is 644 g/mol. The van der Waals surface area contributed by atoms with Crippen molar-refractivity contribution >= 4 is 29.1 Å². The van der Waals surface area contributed by atoms with E-state index in [1.807, 2.05) is 69.0 Å². The van der Waals surface area contributed by atoms with Crippen molar-refractivity contribution in [3.63, 3.8) is 0 Å². The predicted molar refractivity (Wildman–Crippen MR) is 192 cm³/mol. The van der Waals surface area contributed by atoms with Gasteiger partial charge in [-0.1, -0.05) is 87.8 Å². The fourth-order valence-corrected chi connectivity index (χ4v) is 7.15. The second-order valence-electron chi connectivity index (χ2n) is 12.5. The molecule has 0 radical (unpaired) electrons. The van der Waals surface area contributed by atoms with Crippen molar-refractivity contribution < 1.29 is 9.59 Å². The summed E-state index contributed by atoms with van der Waals surface area (Å²) < 4.78 is 0. The molecule has 1 fully saturated rings. The van der Waals surface area contributed by atoms with Crippen LogP contribution in [0.25, 0.3) is 0 Å². The summed E-state index contributed by atoms with van der Waals surface area (Å²) >= 11 is 6.14. The third-order valence-electron chi connectivity index (χ3n) is 9.24. The molecule has 46 heavy (non-hydrogen) atoms. The molecule has 248 valence electrons. The third kappa shape index (κ3) is 8.32. The molecule has 1 unspecified atom stereocenters. The molecule has 6 rings (SSSR count). The van der Waals surface area contributed by atoms with Gasteiger partial charge in [0.2, 0.25) is 11.8 Å². The topological polar surface area (TPSA) is 64.7 Å². The van der Waals surface area contributed by atoms with Crippen LogP contribution in [0.15, 0.2) is 66.7 Å². The van der Waals surface area contributed by atoms with Gasteiger partial charge in [0.25, 0.3) is 0 Å². The van der Waals surface area contributed by atoms with Crippen LogP contribution in [0.3, 0.4) is 0 Å². The Balaban J connectivity index is 0.00000116. The zero-order chi connectivity index (χ0) is 33.3. The number of nitrogens with one attached hydrogen (secondary N) is 2. The van der Waals surface area contributed by atoms with E-state index in [0.717, 1.165) is 31.5 Å². The largest absolute Gasteiger partial charge is 0.368 e. The predicted octanol–water partition coefficient (Wildman–Crippen LogP) is 7.10. The van der Waals surface area contributed by atoms with Gasteiger partial charge >= 0.3 is 0 Å². The fraction of sp³-hybridized carbons (Fsp3) is 0.487. The second-order valence-corrected chi connectivity index (χ2v) is 12.9. The molecule has 0 bridgehead atoms. The van der Waals surface area contributed by atoms with E-state index in [-0.39, 0.29) is 17.4 Å². The van der Waals surface area contributed by atoms with Gasteiger partial charge in [0.05, 0.1) is 6.04 Å². The van der Waals surface area contributed by atoms with Crippen LogP contribution < -0.4 is 15.5 Å². The summed E-state index contributed by atoms with van der Waals surface area (Å²) in [6, 6.07) is 21.4. The minimum Gasteiger partial charge on any atom is -0.368 e. The van der Waals surface area contributed by atoms with Gasteiger partial charge in [0.1, 0.15) is 6.04 Å². The van der Waals surface area contributed by atoms with E-state index < -0.39 is 12.1 Å². The number of halogens is 1. The number of hydrogen-bond acceptors (Lipinski definition) is 4. The molecule has 6 nitrogen and oxygen atoms in total. The molecular weight excluding hydrogens is 592 g/mol. The number of benzene rings is 3. The Bertz CT molecular complexity index is 1450. The minimum atomic E-state index is -0.656. The van der Waals surface area contributed by atoms with Crippen LogP contribution in [0.2, 0.25) is 5.02 Å². The molecule has 1 saturated heterocycles. The number of carbonyl (C=O) groups is 2. The van der Waals surface area contributed by atoms with Crippen molar-refractivity contribution in [2.45, 2.75) is 97.7 Å². The molecule has 3 aliphatic rings. The highest BCUT2D eigenvalue weighted by Crippen LogP contribution is 2.32. The van der Waals surface area contributed by atoms with Crippen molar-refractivity contribution in [1.82, 2.24) is 15.5 Å². The second kappa shape index (κ2) is 16.5. The number of aryl methyl sites for hydroxylation is 1. The summed E-state index contributed by atoms with van der Waals surface area (Å²) in [6.45, 7) is 15.1. The standard InChI is InChI=1S/C35H41ClN4O2.2C2H6/c1-35(2)29-12-6-4-9-26(29)23-30(38-35)33(41)37-31(22-24-14-16-27(36)17-15-24)34(42)40-20-18-39(19-21-40)32-13-7-10-25-8-3-5-11-28(25)32;2*1-2/h4,6-7,9-10,12-17,30-31,38H,3,5,8,11,18-23H2,1-2H3,(H,37,41);2*1-2H3/t30?,31-;;/m1../s1. The van der Waals surface area contributed by atoms with Gasteiger partial charge in [0.15, 0.2) is 0 Å². The first-order chi connectivity index (χ1) is 22.3. The summed E-state index contributed by atoms with van der Waals surface area (Å²) in [5.41, 5.74) is 7.29. The molecule has 2 heterocycles. The van der Waals surface area contributed by atoms with Crippen molar-refractivity contribution in [1.29, 1.82) is 0 Å². The maximum absolute atomic E-state index is 14.0. The van der Waals surface area contributed by atoms with E-state index in [9.17, 15) is 9.59 Å². The lowest BCUT2D eigenvalue weighted by molar-refractivity contribution is -0.137. The fourth-order valence-electron chi connectivity index (χ4n) is 7.02. The number of piperazine rings is 1. The zero-order valence-corrected chi connectivity index (χ0v) is 29.4. The number of hydrogen-bond donors (Lipinski definition) is 2. The number of anilines is 1. The Morgan fingerprint density at radius 3 is 2.24 bits per heavy atom. The molecule has 1 aliphatic carbocycles. The van der Waals surface area contributed by atoms with Gasteiger partial charge < -0.3 is 15.1 Å². The van der Waals surface area contributed by atoms with Crippen LogP contribution in [-0.2, 0) is 40.8 Å². The molecule has 0 spiro atoms. The quantitative estimate of drug-likeness (QED) is 0.301. The Morgan fingerprint density at radius 2 is 1.52 bits per heavy atom. The first-order valence-corrected chi connectivity index (χ1v) is 17.7. The average Bonchev–Trinajstić information content (AvgIpc) is 3.10. The molecule has 0 aromatic heterocycles. The van der Waals surface area contributed by atoms with Gasteiger partial charge in [-0.25, -0.2) is 0 Å². The molecule has 2 N–H and O–H groups in total. The maximum atomic E-state index is 14.0. The zero-order valence-electron chi connectivity index (χ0n) is 28.7. The van der Waals surface area contributed by atoms with Crippen molar-refractivity contribution in [3.05, 3.63) is 99.6 Å². The molecule has 2 aliphatic heterocycles. The Morgan fingerprint density at radius 1 is 0.870 bits per heavy atom. The van der Waals surface area contributed by atoms with E-state index in [1.165, 1.54) is 40.8 Å². The SMILES string of the molecule is CC.CC.CC1(C)NC(C(=O)N[C@H](Cc2ccc(Cl)cc2)C(=O)N2CCN(c3cccc4c3CCCC4)CC2)Cc2ccccc21. The van der Waals surface area contributed by atoms with E-state index in [1.54, 1.807) is 0 Å². The average molecular weight is 645 g/mol. The highest BCUT2D eigenvalue weighted by molar-refractivity contribution is 6.30. The highest BCUT2D eigenvalue weighted by atomic mass is 35.5. The number of nitrogens with zero attached hydrogens (tertiary/aromatic N) is 2.